The Hall–Kier alpha value is -4.16. The zero-order chi connectivity index (χ0) is 23.0. The number of H-pyrrole nitrogens is 1. The van der Waals surface area contributed by atoms with Crippen LogP contribution in [-0.4, -0.2) is 57.6 Å². The molecule has 0 unspecified atom stereocenters. The Kier molecular flexibility index (Phi) is 6.97. The third kappa shape index (κ3) is 5.56. The van der Waals surface area contributed by atoms with E-state index in [0.29, 0.717) is 31.2 Å². The highest BCUT2D eigenvalue weighted by molar-refractivity contribution is 6.31. The minimum Gasteiger partial charge on any atom is -0.366 e. The van der Waals surface area contributed by atoms with E-state index in [2.05, 4.69) is 30.8 Å². The molecule has 2 aromatic carbocycles. The van der Waals surface area contributed by atoms with E-state index in [0.717, 1.165) is 16.9 Å². The first-order valence-electron chi connectivity index (χ1n) is 10.3. The van der Waals surface area contributed by atoms with Gasteiger partial charge in [0.25, 0.3) is 0 Å². The Morgan fingerprint density at radius 3 is 2.64 bits per heavy atom. The number of piperazine rings is 1. The van der Waals surface area contributed by atoms with Gasteiger partial charge in [0.1, 0.15) is 11.6 Å². The van der Waals surface area contributed by atoms with Crippen LogP contribution in [0.5, 0.6) is 0 Å². The number of hydrogen-bond acceptors (Lipinski definition) is 7. The van der Waals surface area contributed by atoms with Gasteiger partial charge in [-0.25, -0.2) is 0 Å². The number of nitrogens with zero attached hydrogens (tertiary/aromatic N) is 6. The van der Waals surface area contributed by atoms with E-state index in [1.807, 2.05) is 59.5 Å². The summed E-state index contributed by atoms with van der Waals surface area (Å²) < 4.78 is 0. The zero-order valence-electron chi connectivity index (χ0n) is 17.6. The third-order valence-electron chi connectivity index (χ3n) is 5.19. The molecular formula is C23H21ClN8O. The average Bonchev–Trinajstić information content (AvgIpc) is 3.39. The molecule has 0 saturated carbocycles. The summed E-state index contributed by atoms with van der Waals surface area (Å²) in [6.45, 7) is 2.53. The molecule has 0 bridgehead atoms. The molecule has 1 aromatic heterocycles. The maximum Gasteiger partial charge on any atom is 0.246 e. The minimum absolute atomic E-state index is 0.00494. The first-order valence-corrected chi connectivity index (χ1v) is 10.7. The number of nitrogens with one attached hydrogen (secondary N) is 2. The lowest BCUT2D eigenvalue weighted by molar-refractivity contribution is -0.126. The summed E-state index contributed by atoms with van der Waals surface area (Å²) in [5, 5.41) is 26.6. The molecule has 4 rings (SSSR count). The number of anilines is 2. The van der Waals surface area contributed by atoms with Gasteiger partial charge in [-0.05, 0) is 35.1 Å². The molecular weight excluding hydrogens is 440 g/mol. The number of amides is 1. The fourth-order valence-electron chi connectivity index (χ4n) is 3.48. The molecule has 1 amide bonds. The van der Waals surface area contributed by atoms with Crippen molar-refractivity contribution in [2.75, 3.05) is 36.4 Å². The molecule has 2 heterocycles. The van der Waals surface area contributed by atoms with Crippen LogP contribution in [0.1, 0.15) is 11.4 Å². The standard InChI is InChI=1S/C23H21ClN8O/c24-19-7-8-21(20(14-19)26-16-18(15-25)23-27-29-30-28-23)31-10-12-32(13-11-31)22(33)9-6-17-4-2-1-3-5-17/h1-9,14,16,26H,10-13H2,(H,27,28,29,30). The van der Waals surface area contributed by atoms with Gasteiger partial charge in [-0.1, -0.05) is 41.9 Å². The molecule has 9 nitrogen and oxygen atoms in total. The number of nitriles is 1. The van der Waals surface area contributed by atoms with Gasteiger partial charge in [-0.15, -0.1) is 10.2 Å². The number of halogens is 1. The van der Waals surface area contributed by atoms with E-state index >= 15 is 0 Å². The van der Waals surface area contributed by atoms with Crippen LogP contribution in [0.2, 0.25) is 5.02 Å². The Morgan fingerprint density at radius 1 is 1.15 bits per heavy atom. The van der Waals surface area contributed by atoms with Crippen molar-refractivity contribution >= 4 is 40.5 Å². The molecule has 1 fully saturated rings. The van der Waals surface area contributed by atoms with Crippen molar-refractivity contribution in [2.45, 2.75) is 0 Å². The van der Waals surface area contributed by atoms with Gasteiger partial charge in [-0.2, -0.15) is 10.5 Å². The predicted octanol–water partition coefficient (Wildman–Crippen LogP) is 3.19. The van der Waals surface area contributed by atoms with E-state index in [9.17, 15) is 10.1 Å². The van der Waals surface area contributed by atoms with Gasteiger partial charge < -0.3 is 15.1 Å². The highest BCUT2D eigenvalue weighted by Crippen LogP contribution is 2.30. The quantitative estimate of drug-likeness (QED) is 0.429. The minimum atomic E-state index is -0.00494. The van der Waals surface area contributed by atoms with Crippen LogP contribution < -0.4 is 10.2 Å². The van der Waals surface area contributed by atoms with Crippen molar-refractivity contribution in [2.24, 2.45) is 0 Å². The number of carbonyl (C=O) groups excluding carboxylic acids is 1. The van der Waals surface area contributed by atoms with Crippen LogP contribution in [0.3, 0.4) is 0 Å². The Bertz CT molecular complexity index is 1190. The van der Waals surface area contributed by atoms with Crippen LogP contribution in [0.15, 0.2) is 60.8 Å². The summed E-state index contributed by atoms with van der Waals surface area (Å²) in [6, 6.07) is 17.3. The molecule has 2 N–H and O–H groups in total. The molecule has 33 heavy (non-hydrogen) atoms. The van der Waals surface area contributed by atoms with Crippen molar-refractivity contribution in [3.8, 4) is 6.07 Å². The van der Waals surface area contributed by atoms with E-state index in [1.165, 1.54) is 6.20 Å². The number of tetrazole rings is 1. The highest BCUT2D eigenvalue weighted by Gasteiger charge is 2.21. The maximum absolute atomic E-state index is 12.6. The number of carbonyl (C=O) groups is 1. The largest absolute Gasteiger partial charge is 0.366 e. The van der Waals surface area contributed by atoms with Gasteiger partial charge in [0.05, 0.1) is 11.4 Å². The fraction of sp³-hybridized carbons (Fsp3) is 0.174. The summed E-state index contributed by atoms with van der Waals surface area (Å²) in [5.41, 5.74) is 2.89. The first kappa shape index (κ1) is 22.0. The zero-order valence-corrected chi connectivity index (χ0v) is 18.4. The Balaban J connectivity index is 1.43. The predicted molar refractivity (Wildman–Crippen MR) is 127 cm³/mol. The number of allylic oxidation sites excluding steroid dienone is 1. The molecule has 10 heteroatoms. The van der Waals surface area contributed by atoms with Crippen LogP contribution in [0.4, 0.5) is 11.4 Å². The molecule has 1 aliphatic heterocycles. The highest BCUT2D eigenvalue weighted by atomic mass is 35.5. The molecule has 166 valence electrons. The lowest BCUT2D eigenvalue weighted by atomic mass is 10.2. The average molecular weight is 461 g/mol. The molecule has 0 spiro atoms. The van der Waals surface area contributed by atoms with Crippen LogP contribution >= 0.6 is 11.6 Å². The van der Waals surface area contributed by atoms with E-state index in [-0.39, 0.29) is 17.3 Å². The summed E-state index contributed by atoms with van der Waals surface area (Å²) in [4.78, 5) is 16.6. The number of benzene rings is 2. The van der Waals surface area contributed by atoms with Crippen LogP contribution in [-0.2, 0) is 4.79 Å². The summed E-state index contributed by atoms with van der Waals surface area (Å²) in [7, 11) is 0. The second-order valence-electron chi connectivity index (χ2n) is 7.27. The van der Waals surface area contributed by atoms with Crippen molar-refractivity contribution in [1.29, 1.82) is 5.26 Å². The third-order valence-corrected chi connectivity index (χ3v) is 5.42. The second-order valence-corrected chi connectivity index (χ2v) is 7.70. The number of aromatic nitrogens is 4. The van der Waals surface area contributed by atoms with Gasteiger partial charge in [0, 0.05) is 43.5 Å². The molecule has 0 radical (unpaired) electrons. The Labute approximate surface area is 196 Å². The lowest BCUT2D eigenvalue weighted by Gasteiger charge is -2.36. The second kappa shape index (κ2) is 10.4. The molecule has 1 saturated heterocycles. The topological polar surface area (TPSA) is 114 Å². The maximum atomic E-state index is 12.6. The summed E-state index contributed by atoms with van der Waals surface area (Å²) in [6.07, 6.45) is 4.97. The lowest BCUT2D eigenvalue weighted by Crippen LogP contribution is -2.48. The van der Waals surface area contributed by atoms with Gasteiger partial charge >= 0.3 is 0 Å². The van der Waals surface area contributed by atoms with E-state index in [1.54, 1.807) is 12.1 Å². The van der Waals surface area contributed by atoms with Gasteiger partial charge in [0.2, 0.25) is 11.7 Å². The van der Waals surface area contributed by atoms with E-state index in [4.69, 9.17) is 11.6 Å². The SMILES string of the molecule is N#CC(=CNc1cc(Cl)ccc1N1CCN(C(=O)C=Cc2ccccc2)CC1)c1nn[nH]n1. The molecule has 1 aliphatic rings. The molecule has 0 atom stereocenters. The number of aromatic amines is 1. The monoisotopic (exact) mass is 460 g/mol. The normalized spacial score (nSPS) is 14.4. The van der Waals surface area contributed by atoms with Crippen molar-refractivity contribution in [3.63, 3.8) is 0 Å². The number of rotatable bonds is 6. The molecule has 3 aromatic rings. The first-order chi connectivity index (χ1) is 16.1. The van der Waals surface area contributed by atoms with Crippen LogP contribution in [0, 0.1) is 11.3 Å². The summed E-state index contributed by atoms with van der Waals surface area (Å²) >= 11 is 6.21. The number of hydrogen-bond donors (Lipinski definition) is 2. The van der Waals surface area contributed by atoms with Crippen molar-refractivity contribution in [1.82, 2.24) is 25.5 Å². The Morgan fingerprint density at radius 2 is 1.94 bits per heavy atom. The smallest absolute Gasteiger partial charge is 0.246 e. The van der Waals surface area contributed by atoms with Gasteiger partial charge in [-0.3, -0.25) is 4.79 Å². The van der Waals surface area contributed by atoms with Gasteiger partial charge in [0.15, 0.2) is 0 Å². The van der Waals surface area contributed by atoms with E-state index < -0.39 is 0 Å². The van der Waals surface area contributed by atoms with Crippen molar-refractivity contribution < 1.29 is 4.79 Å². The molecule has 0 aliphatic carbocycles. The summed E-state index contributed by atoms with van der Waals surface area (Å²) in [5.74, 6) is 0.193. The fourth-order valence-corrected chi connectivity index (χ4v) is 3.65. The van der Waals surface area contributed by atoms with Crippen molar-refractivity contribution in [3.05, 3.63) is 77.2 Å². The van der Waals surface area contributed by atoms with Crippen LogP contribution in [0.25, 0.3) is 11.6 Å².